The first-order valence-electron chi connectivity index (χ1n) is 3.29. The smallest absolute Gasteiger partial charge is 0.238 e. The molecule has 0 unspecified atom stereocenters. The number of nitrogens with zero attached hydrogens (tertiary/aromatic N) is 1. The first-order chi connectivity index (χ1) is 4.63. The lowest BCUT2D eigenvalue weighted by Crippen LogP contribution is -2.31. The minimum atomic E-state index is -0.565. The van der Waals surface area contributed by atoms with Gasteiger partial charge in [0.2, 0.25) is 6.04 Å². The Hall–Kier alpha value is -0.640. The van der Waals surface area contributed by atoms with Crippen molar-refractivity contribution in [3.63, 3.8) is 0 Å². The molecule has 10 heavy (non-hydrogen) atoms. The van der Waals surface area contributed by atoms with Gasteiger partial charge >= 0.3 is 0 Å². The lowest BCUT2D eigenvalue weighted by atomic mass is 10.1. The predicted octanol–water partition coefficient (Wildman–Crippen LogP) is 1.08. The average Bonchev–Trinajstić information content (AvgIpc) is 1.88. The zero-order valence-electron chi connectivity index (χ0n) is 6.53. The van der Waals surface area contributed by atoms with E-state index in [9.17, 15) is 10.1 Å². The predicted molar refractivity (Wildman–Crippen MR) is 37.5 cm³/mol. The summed E-state index contributed by atoms with van der Waals surface area (Å²) < 4.78 is 4.82. The maximum atomic E-state index is 10.3. The van der Waals surface area contributed by atoms with Crippen molar-refractivity contribution in [1.29, 1.82) is 0 Å². The van der Waals surface area contributed by atoms with E-state index in [4.69, 9.17) is 4.74 Å². The molecule has 0 bridgehead atoms. The van der Waals surface area contributed by atoms with Crippen molar-refractivity contribution in [3.8, 4) is 0 Å². The molecule has 0 saturated heterocycles. The molecule has 0 amide bonds. The zero-order chi connectivity index (χ0) is 8.15. The summed E-state index contributed by atoms with van der Waals surface area (Å²) in [5.41, 5.74) is 0. The van der Waals surface area contributed by atoms with Crippen LogP contribution in [0.3, 0.4) is 0 Å². The van der Waals surface area contributed by atoms with Crippen LogP contribution in [0.2, 0.25) is 0 Å². The normalized spacial score (nSPS) is 16.3. The molecule has 0 heterocycles. The lowest BCUT2D eigenvalue weighted by Gasteiger charge is -2.12. The van der Waals surface area contributed by atoms with Crippen molar-refractivity contribution in [3.05, 3.63) is 10.1 Å². The third-order valence-electron chi connectivity index (χ3n) is 1.60. The second-order valence-electron chi connectivity index (χ2n) is 2.20. The van der Waals surface area contributed by atoms with E-state index in [-0.39, 0.29) is 11.0 Å². The Morgan fingerprint density at radius 3 is 2.30 bits per heavy atom. The molecule has 0 aliphatic carbocycles. The molecule has 0 aliphatic heterocycles. The number of hydrogen-bond donors (Lipinski definition) is 0. The summed E-state index contributed by atoms with van der Waals surface area (Å²) in [6, 6.07) is -0.565. The van der Waals surface area contributed by atoms with E-state index in [2.05, 4.69) is 0 Å². The summed E-state index contributed by atoms with van der Waals surface area (Å²) in [6.07, 6.45) is 0.224. The minimum Gasteiger partial charge on any atom is -0.375 e. The van der Waals surface area contributed by atoms with E-state index in [1.165, 1.54) is 7.11 Å². The highest BCUT2D eigenvalue weighted by Crippen LogP contribution is 2.04. The Labute approximate surface area is 60.3 Å². The van der Waals surface area contributed by atoms with Gasteiger partial charge < -0.3 is 4.74 Å². The summed E-state index contributed by atoms with van der Waals surface area (Å²) in [5.74, 6) is 0. The summed E-state index contributed by atoms with van der Waals surface area (Å²) in [5, 5.41) is 10.3. The Morgan fingerprint density at radius 1 is 1.70 bits per heavy atom. The van der Waals surface area contributed by atoms with Crippen LogP contribution in [0.1, 0.15) is 20.3 Å². The summed E-state index contributed by atoms with van der Waals surface area (Å²) in [7, 11) is 1.48. The summed E-state index contributed by atoms with van der Waals surface area (Å²) in [6.45, 7) is 3.49. The monoisotopic (exact) mass is 147 g/mol. The molecule has 0 saturated carbocycles. The van der Waals surface area contributed by atoms with E-state index >= 15 is 0 Å². The summed E-state index contributed by atoms with van der Waals surface area (Å²) >= 11 is 0. The molecule has 2 atom stereocenters. The van der Waals surface area contributed by atoms with Gasteiger partial charge in [0, 0.05) is 18.5 Å². The molecule has 0 N–H and O–H groups in total. The third-order valence-corrected chi connectivity index (χ3v) is 1.60. The van der Waals surface area contributed by atoms with Crippen LogP contribution < -0.4 is 0 Å². The summed E-state index contributed by atoms with van der Waals surface area (Å²) in [4.78, 5) is 9.96. The van der Waals surface area contributed by atoms with Crippen molar-refractivity contribution in [2.75, 3.05) is 7.11 Å². The van der Waals surface area contributed by atoms with Crippen LogP contribution in [0.25, 0.3) is 0 Å². The van der Waals surface area contributed by atoms with Gasteiger partial charge in [-0.3, -0.25) is 10.1 Å². The van der Waals surface area contributed by atoms with E-state index < -0.39 is 6.04 Å². The Kier molecular flexibility index (Phi) is 3.95. The zero-order valence-corrected chi connectivity index (χ0v) is 6.53. The topological polar surface area (TPSA) is 52.4 Å². The molecular weight excluding hydrogens is 134 g/mol. The van der Waals surface area contributed by atoms with Gasteiger partial charge in [-0.25, -0.2) is 0 Å². The quantitative estimate of drug-likeness (QED) is 0.441. The highest BCUT2D eigenvalue weighted by molar-refractivity contribution is 4.61. The van der Waals surface area contributed by atoms with Gasteiger partial charge in [0.25, 0.3) is 0 Å². The third kappa shape index (κ3) is 2.31. The van der Waals surface area contributed by atoms with Gasteiger partial charge in [-0.2, -0.15) is 0 Å². The molecule has 4 nitrogen and oxygen atoms in total. The van der Waals surface area contributed by atoms with Crippen LogP contribution >= 0.6 is 0 Å². The number of hydrogen-bond acceptors (Lipinski definition) is 3. The SMILES string of the molecule is CC[C@@H]([C@@H](C)OC)[N+](=O)[O-]. The van der Waals surface area contributed by atoms with Crippen LogP contribution in [0.4, 0.5) is 0 Å². The molecule has 0 spiro atoms. The molecule has 60 valence electrons. The van der Waals surface area contributed by atoms with Gasteiger partial charge in [-0.15, -0.1) is 0 Å². The Balaban J connectivity index is 3.92. The van der Waals surface area contributed by atoms with E-state index in [1.807, 2.05) is 0 Å². The average molecular weight is 147 g/mol. The maximum absolute atomic E-state index is 10.3. The highest BCUT2D eigenvalue weighted by atomic mass is 16.6. The van der Waals surface area contributed by atoms with E-state index in [0.29, 0.717) is 6.42 Å². The number of rotatable bonds is 4. The standard InChI is InChI=1S/C6H13NO3/c1-4-6(7(8)9)5(2)10-3/h5-6H,4H2,1-3H3/t5-,6+/m1/s1. The van der Waals surface area contributed by atoms with Crippen LogP contribution in [0.15, 0.2) is 0 Å². The molecule has 0 aromatic rings. The molecule has 0 fully saturated rings. The fourth-order valence-electron chi connectivity index (χ4n) is 0.809. The Morgan fingerprint density at radius 2 is 2.20 bits per heavy atom. The first-order valence-corrected chi connectivity index (χ1v) is 3.29. The van der Waals surface area contributed by atoms with Crippen LogP contribution in [0, 0.1) is 10.1 Å². The molecule has 0 rings (SSSR count). The number of ether oxygens (including phenoxy) is 1. The van der Waals surface area contributed by atoms with Gasteiger partial charge in [0.1, 0.15) is 6.10 Å². The van der Waals surface area contributed by atoms with Crippen LogP contribution in [0.5, 0.6) is 0 Å². The van der Waals surface area contributed by atoms with Crippen LogP contribution in [-0.2, 0) is 4.74 Å². The fraction of sp³-hybridized carbons (Fsp3) is 1.00. The fourth-order valence-corrected chi connectivity index (χ4v) is 0.809. The van der Waals surface area contributed by atoms with Crippen molar-refractivity contribution < 1.29 is 9.66 Å². The van der Waals surface area contributed by atoms with Crippen molar-refractivity contribution in [2.24, 2.45) is 0 Å². The largest absolute Gasteiger partial charge is 0.375 e. The lowest BCUT2D eigenvalue weighted by molar-refractivity contribution is -0.534. The molecule has 0 aromatic carbocycles. The molecule has 0 aliphatic rings. The van der Waals surface area contributed by atoms with Crippen molar-refractivity contribution in [1.82, 2.24) is 0 Å². The van der Waals surface area contributed by atoms with E-state index in [1.54, 1.807) is 13.8 Å². The van der Waals surface area contributed by atoms with Gasteiger partial charge in [-0.05, 0) is 6.92 Å². The molecule has 0 aromatic heterocycles. The number of nitro groups is 1. The molecule has 4 heteroatoms. The second kappa shape index (κ2) is 4.22. The number of methoxy groups -OCH3 is 1. The first kappa shape index (κ1) is 9.36. The highest BCUT2D eigenvalue weighted by Gasteiger charge is 2.24. The Bertz CT molecular complexity index is 116. The van der Waals surface area contributed by atoms with Gasteiger partial charge in [-0.1, -0.05) is 6.92 Å². The van der Waals surface area contributed by atoms with Crippen molar-refractivity contribution >= 4 is 0 Å². The van der Waals surface area contributed by atoms with Crippen molar-refractivity contribution in [2.45, 2.75) is 32.4 Å². The molecule has 0 radical (unpaired) electrons. The second-order valence-corrected chi connectivity index (χ2v) is 2.20. The van der Waals surface area contributed by atoms with E-state index in [0.717, 1.165) is 0 Å². The van der Waals surface area contributed by atoms with Gasteiger partial charge in [0.05, 0.1) is 0 Å². The van der Waals surface area contributed by atoms with Gasteiger partial charge in [0.15, 0.2) is 0 Å². The molecular formula is C6H13NO3. The van der Waals surface area contributed by atoms with Crippen LogP contribution in [-0.4, -0.2) is 24.2 Å². The minimum absolute atomic E-state index is 0.292. The maximum Gasteiger partial charge on any atom is 0.238 e.